The van der Waals surface area contributed by atoms with Gasteiger partial charge in [-0.15, -0.1) is 5.10 Å². The summed E-state index contributed by atoms with van der Waals surface area (Å²) in [6, 6.07) is 7.69. The van der Waals surface area contributed by atoms with Gasteiger partial charge in [-0.25, -0.2) is 0 Å². The first-order valence-electron chi connectivity index (χ1n) is 9.36. The van der Waals surface area contributed by atoms with E-state index in [1.54, 1.807) is 4.68 Å². The summed E-state index contributed by atoms with van der Waals surface area (Å²) in [7, 11) is 0. The molecule has 140 valence electrons. The van der Waals surface area contributed by atoms with Gasteiger partial charge in [-0.1, -0.05) is 18.6 Å². The maximum atomic E-state index is 12.3. The lowest BCUT2D eigenvalue weighted by molar-refractivity contribution is -0.120. The highest BCUT2D eigenvalue weighted by Gasteiger charge is 2.16. The normalized spacial score (nSPS) is 13.8. The highest BCUT2D eigenvalue weighted by molar-refractivity contribution is 5.78. The number of aromatic nitrogens is 6. The van der Waals surface area contributed by atoms with Crippen molar-refractivity contribution in [2.45, 2.75) is 52.0 Å². The molecular weight excluding hydrogens is 342 g/mol. The van der Waals surface area contributed by atoms with Crippen LogP contribution in [0.2, 0.25) is 0 Å². The number of aryl methyl sites for hydroxylation is 2. The van der Waals surface area contributed by atoms with E-state index < -0.39 is 0 Å². The maximum absolute atomic E-state index is 12.3. The van der Waals surface area contributed by atoms with Gasteiger partial charge in [0.25, 0.3) is 0 Å². The molecule has 0 saturated carbocycles. The quantitative estimate of drug-likeness (QED) is 0.672. The number of rotatable bonds is 5. The van der Waals surface area contributed by atoms with Crippen LogP contribution in [0.4, 0.5) is 0 Å². The van der Waals surface area contributed by atoms with E-state index in [2.05, 4.69) is 31.0 Å². The molecule has 4 rings (SSSR count). The van der Waals surface area contributed by atoms with E-state index in [1.165, 1.54) is 30.5 Å². The lowest BCUT2D eigenvalue weighted by Crippen LogP contribution is -2.25. The summed E-state index contributed by atoms with van der Waals surface area (Å²) in [4.78, 5) is 12.3. The van der Waals surface area contributed by atoms with Gasteiger partial charge in [0.15, 0.2) is 5.82 Å². The molecule has 0 bridgehead atoms. The maximum Gasteiger partial charge on any atom is 0.224 e. The third-order valence-electron chi connectivity index (χ3n) is 5.02. The number of hydrogen-bond donors (Lipinski definition) is 2. The lowest BCUT2D eigenvalue weighted by atomic mass is 10.1. The summed E-state index contributed by atoms with van der Waals surface area (Å²) in [5.74, 6) is 0.713. The van der Waals surface area contributed by atoms with Crippen LogP contribution in [0.1, 0.15) is 47.6 Å². The zero-order valence-corrected chi connectivity index (χ0v) is 15.4. The van der Waals surface area contributed by atoms with Crippen LogP contribution < -0.4 is 5.32 Å². The van der Waals surface area contributed by atoms with Crippen molar-refractivity contribution >= 4 is 5.91 Å². The van der Waals surface area contributed by atoms with Gasteiger partial charge in [-0.3, -0.25) is 9.89 Å². The number of H-pyrrole nitrogens is 1. The number of carbonyl (C=O) groups excluding carboxylic acids is 1. The van der Waals surface area contributed by atoms with Crippen molar-refractivity contribution < 1.29 is 4.79 Å². The van der Waals surface area contributed by atoms with Crippen LogP contribution in [0.25, 0.3) is 5.69 Å². The Morgan fingerprint density at radius 3 is 2.78 bits per heavy atom. The van der Waals surface area contributed by atoms with Crippen LogP contribution in [-0.2, 0) is 30.6 Å². The summed E-state index contributed by atoms with van der Waals surface area (Å²) in [5, 5.41) is 22.0. The van der Waals surface area contributed by atoms with Crippen molar-refractivity contribution in [3.63, 3.8) is 0 Å². The number of hydrogen-bond acceptors (Lipinski definition) is 5. The molecular formula is C19H23N7O. The van der Waals surface area contributed by atoms with E-state index in [0.717, 1.165) is 35.6 Å². The fraction of sp³-hybridized carbons (Fsp3) is 0.421. The van der Waals surface area contributed by atoms with Crippen LogP contribution in [0.3, 0.4) is 0 Å². The Balaban J connectivity index is 1.35. The molecule has 2 aromatic heterocycles. The predicted octanol–water partition coefficient (Wildman–Crippen LogP) is 1.82. The molecule has 2 heterocycles. The number of benzene rings is 1. The van der Waals surface area contributed by atoms with Crippen LogP contribution >= 0.6 is 0 Å². The average Bonchev–Trinajstić information content (AvgIpc) is 3.19. The average molecular weight is 365 g/mol. The van der Waals surface area contributed by atoms with Crippen molar-refractivity contribution in [3.05, 3.63) is 52.6 Å². The zero-order chi connectivity index (χ0) is 18.6. The number of carbonyl (C=O) groups is 1. The highest BCUT2D eigenvalue weighted by atomic mass is 16.1. The Hall–Kier alpha value is -3.03. The summed E-state index contributed by atoms with van der Waals surface area (Å²) in [6.07, 6.45) is 6.11. The van der Waals surface area contributed by atoms with E-state index in [1.807, 2.05) is 31.2 Å². The second-order valence-corrected chi connectivity index (χ2v) is 6.95. The van der Waals surface area contributed by atoms with Gasteiger partial charge in [0, 0.05) is 5.69 Å². The van der Waals surface area contributed by atoms with E-state index in [9.17, 15) is 4.79 Å². The van der Waals surface area contributed by atoms with E-state index in [0.29, 0.717) is 13.0 Å². The van der Waals surface area contributed by atoms with Crippen molar-refractivity contribution in [2.75, 3.05) is 0 Å². The van der Waals surface area contributed by atoms with Gasteiger partial charge in [-0.05, 0) is 66.3 Å². The van der Waals surface area contributed by atoms with E-state index in [4.69, 9.17) is 0 Å². The fourth-order valence-corrected chi connectivity index (χ4v) is 3.53. The molecule has 0 radical (unpaired) electrons. The number of nitrogens with one attached hydrogen (secondary N) is 2. The molecule has 1 amide bonds. The molecule has 0 saturated heterocycles. The molecule has 2 N–H and O–H groups in total. The fourth-order valence-electron chi connectivity index (χ4n) is 3.53. The van der Waals surface area contributed by atoms with Crippen LogP contribution in [0.5, 0.6) is 0 Å². The molecule has 0 unspecified atom stereocenters. The Morgan fingerprint density at radius 2 is 2.00 bits per heavy atom. The third kappa shape index (κ3) is 3.89. The molecule has 1 aliphatic rings. The Morgan fingerprint density at radius 1 is 1.19 bits per heavy atom. The minimum Gasteiger partial charge on any atom is -0.350 e. The largest absolute Gasteiger partial charge is 0.350 e. The molecule has 8 heteroatoms. The molecule has 0 spiro atoms. The minimum atomic E-state index is -0.00766. The number of aromatic amines is 1. The predicted molar refractivity (Wildman–Crippen MR) is 99.3 cm³/mol. The van der Waals surface area contributed by atoms with Crippen molar-refractivity contribution in [3.8, 4) is 5.69 Å². The summed E-state index contributed by atoms with van der Waals surface area (Å²) in [5.41, 5.74) is 5.34. The molecule has 3 aromatic rings. The van der Waals surface area contributed by atoms with E-state index >= 15 is 0 Å². The lowest BCUT2D eigenvalue weighted by Gasteiger charge is -2.07. The minimum absolute atomic E-state index is 0.00766. The van der Waals surface area contributed by atoms with Gasteiger partial charge in [0.05, 0.1) is 24.3 Å². The molecule has 1 aliphatic carbocycles. The van der Waals surface area contributed by atoms with Gasteiger partial charge < -0.3 is 5.32 Å². The molecule has 27 heavy (non-hydrogen) atoms. The van der Waals surface area contributed by atoms with Gasteiger partial charge in [0.2, 0.25) is 5.91 Å². The Kier molecular flexibility index (Phi) is 4.95. The number of fused-ring (bicyclic) bond motifs is 1. The highest BCUT2D eigenvalue weighted by Crippen LogP contribution is 2.21. The smallest absolute Gasteiger partial charge is 0.224 e. The van der Waals surface area contributed by atoms with Crippen molar-refractivity contribution in [2.24, 2.45) is 0 Å². The molecule has 0 atom stereocenters. The molecule has 1 aromatic carbocycles. The summed E-state index contributed by atoms with van der Waals surface area (Å²) in [6.45, 7) is 2.32. The molecule has 8 nitrogen and oxygen atoms in total. The van der Waals surface area contributed by atoms with E-state index in [-0.39, 0.29) is 5.91 Å². The number of amides is 1. The second kappa shape index (κ2) is 7.69. The van der Waals surface area contributed by atoms with Gasteiger partial charge >= 0.3 is 0 Å². The third-order valence-corrected chi connectivity index (χ3v) is 5.02. The Labute approximate surface area is 157 Å². The number of tetrazole rings is 1. The van der Waals surface area contributed by atoms with Gasteiger partial charge in [-0.2, -0.15) is 9.78 Å². The zero-order valence-electron chi connectivity index (χ0n) is 15.4. The first-order valence-corrected chi connectivity index (χ1v) is 9.36. The van der Waals surface area contributed by atoms with Crippen molar-refractivity contribution in [1.29, 1.82) is 0 Å². The standard InChI is InChI=1S/C19H23N7O/c1-13-21-24-25-26(13)15-9-7-14(8-10-15)11-19(27)20-12-18-16-5-3-2-4-6-17(16)22-23-18/h7-10H,2-6,11-12H2,1H3,(H,20,27)(H,22,23). The first kappa shape index (κ1) is 17.4. The molecule has 0 fully saturated rings. The van der Waals surface area contributed by atoms with Crippen LogP contribution in [0, 0.1) is 6.92 Å². The number of nitrogens with zero attached hydrogens (tertiary/aromatic N) is 5. The van der Waals surface area contributed by atoms with Crippen molar-refractivity contribution in [1.82, 2.24) is 35.7 Å². The Bertz CT molecular complexity index is 926. The van der Waals surface area contributed by atoms with Gasteiger partial charge in [0.1, 0.15) is 0 Å². The summed E-state index contributed by atoms with van der Waals surface area (Å²) >= 11 is 0. The monoisotopic (exact) mass is 365 g/mol. The van der Waals surface area contributed by atoms with Crippen LogP contribution in [0.15, 0.2) is 24.3 Å². The summed E-state index contributed by atoms with van der Waals surface area (Å²) < 4.78 is 1.66. The molecule has 0 aliphatic heterocycles. The topological polar surface area (TPSA) is 101 Å². The first-order chi connectivity index (χ1) is 13.2. The van der Waals surface area contributed by atoms with Crippen LogP contribution in [-0.4, -0.2) is 36.3 Å². The SMILES string of the molecule is Cc1nnnn1-c1ccc(CC(=O)NCc2n[nH]c3c2CCCCC3)cc1. The second-order valence-electron chi connectivity index (χ2n) is 6.95.